The summed E-state index contributed by atoms with van der Waals surface area (Å²) < 4.78 is 0. The Morgan fingerprint density at radius 2 is 1.48 bits per heavy atom. The van der Waals surface area contributed by atoms with Crippen LogP contribution in [-0.4, -0.2) is 35.6 Å². The third kappa shape index (κ3) is 10.3. The molecule has 2 unspecified atom stereocenters. The molecule has 3 N–H and O–H groups in total. The van der Waals surface area contributed by atoms with Crippen molar-refractivity contribution in [1.29, 1.82) is 0 Å². The Bertz CT molecular complexity index is 317. The highest BCUT2D eigenvalue weighted by Crippen LogP contribution is 2.08. The van der Waals surface area contributed by atoms with E-state index in [0.717, 1.165) is 19.3 Å². The van der Waals surface area contributed by atoms with E-state index in [1.807, 2.05) is 0 Å². The van der Waals surface area contributed by atoms with Gasteiger partial charge in [-0.05, 0) is 31.6 Å². The fraction of sp³-hybridized carbons (Fsp3) is 0.875. The van der Waals surface area contributed by atoms with Gasteiger partial charge in [0.1, 0.15) is 12.1 Å². The number of aliphatic hydroxyl groups excluding tert-OH is 1. The molecule has 0 rings (SSSR count). The molecule has 0 heterocycles. The van der Waals surface area contributed by atoms with Gasteiger partial charge in [0.05, 0.1) is 0 Å². The van der Waals surface area contributed by atoms with Crippen LogP contribution in [0.1, 0.15) is 60.3 Å². The predicted octanol–water partition coefficient (Wildman–Crippen LogP) is 1.84. The molecular formula is C16H32N2O3. The van der Waals surface area contributed by atoms with Crippen molar-refractivity contribution in [2.45, 2.75) is 72.4 Å². The lowest BCUT2D eigenvalue weighted by molar-refractivity contribution is -0.134. The second-order valence-corrected chi connectivity index (χ2v) is 6.54. The SMILES string of the molecule is CC(C)CCCC(O)C(=O)NC(C)C(=O)NCCC(C)C. The van der Waals surface area contributed by atoms with Gasteiger partial charge in [-0.25, -0.2) is 0 Å². The minimum absolute atomic E-state index is 0.210. The second-order valence-electron chi connectivity index (χ2n) is 6.54. The summed E-state index contributed by atoms with van der Waals surface area (Å²) >= 11 is 0. The molecule has 0 saturated carbocycles. The maximum Gasteiger partial charge on any atom is 0.249 e. The summed E-state index contributed by atoms with van der Waals surface area (Å²) in [5.41, 5.74) is 0. The molecule has 0 aliphatic carbocycles. The normalized spacial score (nSPS) is 14.1. The molecule has 0 aromatic rings. The molecule has 21 heavy (non-hydrogen) atoms. The minimum Gasteiger partial charge on any atom is -0.383 e. The summed E-state index contributed by atoms with van der Waals surface area (Å²) in [4.78, 5) is 23.6. The largest absolute Gasteiger partial charge is 0.383 e. The van der Waals surface area contributed by atoms with E-state index in [1.165, 1.54) is 0 Å². The zero-order valence-corrected chi connectivity index (χ0v) is 14.1. The third-order valence-electron chi connectivity index (χ3n) is 3.33. The molecule has 2 amide bonds. The maximum atomic E-state index is 11.8. The standard InChI is InChI=1S/C16H32N2O3/c1-11(2)7-6-8-14(19)16(21)18-13(5)15(20)17-10-9-12(3)4/h11-14,19H,6-10H2,1-5H3,(H,17,20)(H,18,21). The molecule has 124 valence electrons. The molecule has 0 fully saturated rings. The average molecular weight is 300 g/mol. The van der Waals surface area contributed by atoms with Crippen LogP contribution in [0.4, 0.5) is 0 Å². The van der Waals surface area contributed by atoms with Crippen LogP contribution in [-0.2, 0) is 9.59 Å². The zero-order valence-electron chi connectivity index (χ0n) is 14.1. The van der Waals surface area contributed by atoms with Crippen molar-refractivity contribution in [2.24, 2.45) is 11.8 Å². The number of nitrogens with one attached hydrogen (secondary N) is 2. The van der Waals surface area contributed by atoms with Crippen molar-refractivity contribution >= 4 is 11.8 Å². The van der Waals surface area contributed by atoms with E-state index >= 15 is 0 Å². The smallest absolute Gasteiger partial charge is 0.249 e. The minimum atomic E-state index is -1.03. The van der Waals surface area contributed by atoms with Gasteiger partial charge in [0.15, 0.2) is 0 Å². The zero-order chi connectivity index (χ0) is 16.4. The molecule has 0 spiro atoms. The summed E-state index contributed by atoms with van der Waals surface area (Å²) in [6, 6.07) is -0.621. The van der Waals surface area contributed by atoms with Gasteiger partial charge in [0.2, 0.25) is 11.8 Å². The molecule has 0 radical (unpaired) electrons. The fourth-order valence-corrected chi connectivity index (χ4v) is 1.86. The first kappa shape index (κ1) is 19.9. The average Bonchev–Trinajstić information content (AvgIpc) is 2.37. The number of aliphatic hydroxyl groups is 1. The van der Waals surface area contributed by atoms with Crippen molar-refractivity contribution in [3.05, 3.63) is 0 Å². The van der Waals surface area contributed by atoms with Crippen LogP contribution < -0.4 is 10.6 Å². The number of hydrogen-bond donors (Lipinski definition) is 3. The van der Waals surface area contributed by atoms with Gasteiger partial charge in [-0.2, -0.15) is 0 Å². The van der Waals surface area contributed by atoms with E-state index in [2.05, 4.69) is 38.3 Å². The Morgan fingerprint density at radius 3 is 2.00 bits per heavy atom. The molecular weight excluding hydrogens is 268 g/mol. The first-order chi connectivity index (χ1) is 9.73. The Balaban J connectivity index is 3.98. The van der Waals surface area contributed by atoms with E-state index in [0.29, 0.717) is 24.8 Å². The van der Waals surface area contributed by atoms with Crippen molar-refractivity contribution in [1.82, 2.24) is 10.6 Å². The van der Waals surface area contributed by atoms with Crippen molar-refractivity contribution in [3.63, 3.8) is 0 Å². The van der Waals surface area contributed by atoms with E-state index in [9.17, 15) is 14.7 Å². The van der Waals surface area contributed by atoms with Gasteiger partial charge < -0.3 is 15.7 Å². The van der Waals surface area contributed by atoms with Gasteiger partial charge in [-0.15, -0.1) is 0 Å². The van der Waals surface area contributed by atoms with E-state index < -0.39 is 18.1 Å². The summed E-state index contributed by atoms with van der Waals surface area (Å²) in [5.74, 6) is 0.410. The molecule has 5 heteroatoms. The van der Waals surface area contributed by atoms with E-state index in [-0.39, 0.29) is 5.91 Å². The summed E-state index contributed by atoms with van der Waals surface area (Å²) in [7, 11) is 0. The summed E-state index contributed by atoms with van der Waals surface area (Å²) in [5, 5.41) is 15.1. The topological polar surface area (TPSA) is 78.4 Å². The summed E-state index contributed by atoms with van der Waals surface area (Å²) in [6.07, 6.45) is 2.10. The highest BCUT2D eigenvalue weighted by molar-refractivity contribution is 5.88. The van der Waals surface area contributed by atoms with Crippen molar-refractivity contribution < 1.29 is 14.7 Å². The van der Waals surface area contributed by atoms with Crippen molar-refractivity contribution in [2.75, 3.05) is 6.54 Å². The molecule has 0 aromatic carbocycles. The quantitative estimate of drug-likeness (QED) is 0.576. The highest BCUT2D eigenvalue weighted by atomic mass is 16.3. The second kappa shape index (κ2) is 10.6. The third-order valence-corrected chi connectivity index (χ3v) is 3.33. The molecule has 0 aliphatic rings. The number of amides is 2. The Kier molecular flexibility index (Phi) is 10.0. The van der Waals surface area contributed by atoms with Crippen molar-refractivity contribution in [3.8, 4) is 0 Å². The van der Waals surface area contributed by atoms with Crippen LogP contribution in [0, 0.1) is 11.8 Å². The van der Waals surface area contributed by atoms with Gasteiger partial charge in [-0.3, -0.25) is 9.59 Å². The lowest BCUT2D eigenvalue weighted by Gasteiger charge is -2.17. The lowest BCUT2D eigenvalue weighted by Crippen LogP contribution is -2.48. The van der Waals surface area contributed by atoms with E-state index in [1.54, 1.807) is 6.92 Å². The van der Waals surface area contributed by atoms with Gasteiger partial charge in [0.25, 0.3) is 0 Å². The van der Waals surface area contributed by atoms with Gasteiger partial charge in [-0.1, -0.05) is 40.5 Å². The van der Waals surface area contributed by atoms with Crippen LogP contribution in [0.15, 0.2) is 0 Å². The monoisotopic (exact) mass is 300 g/mol. The van der Waals surface area contributed by atoms with Gasteiger partial charge in [0, 0.05) is 6.54 Å². The van der Waals surface area contributed by atoms with Crippen LogP contribution in [0.5, 0.6) is 0 Å². The Morgan fingerprint density at radius 1 is 0.905 bits per heavy atom. The molecule has 0 saturated heterocycles. The number of hydrogen-bond acceptors (Lipinski definition) is 3. The Labute approximate surface area is 128 Å². The molecule has 0 aliphatic heterocycles. The first-order valence-corrected chi connectivity index (χ1v) is 8.00. The summed E-state index contributed by atoms with van der Waals surface area (Å²) in [6.45, 7) is 10.6. The predicted molar refractivity (Wildman–Crippen MR) is 84.8 cm³/mol. The van der Waals surface area contributed by atoms with Crippen LogP contribution >= 0.6 is 0 Å². The number of carbonyl (C=O) groups excluding carboxylic acids is 2. The van der Waals surface area contributed by atoms with Gasteiger partial charge >= 0.3 is 0 Å². The Hall–Kier alpha value is -1.10. The van der Waals surface area contributed by atoms with Crippen LogP contribution in [0.25, 0.3) is 0 Å². The maximum absolute atomic E-state index is 11.8. The van der Waals surface area contributed by atoms with E-state index in [4.69, 9.17) is 0 Å². The molecule has 0 aromatic heterocycles. The number of carbonyl (C=O) groups is 2. The highest BCUT2D eigenvalue weighted by Gasteiger charge is 2.20. The molecule has 2 atom stereocenters. The van der Waals surface area contributed by atoms with Crippen LogP contribution in [0.2, 0.25) is 0 Å². The molecule has 0 bridgehead atoms. The molecule has 5 nitrogen and oxygen atoms in total. The number of rotatable bonds is 10. The fourth-order valence-electron chi connectivity index (χ4n) is 1.86. The first-order valence-electron chi connectivity index (χ1n) is 8.00. The lowest BCUT2D eigenvalue weighted by atomic mass is 10.0. The van der Waals surface area contributed by atoms with Crippen LogP contribution in [0.3, 0.4) is 0 Å².